The molecule has 0 aliphatic carbocycles. The maximum atomic E-state index is 12.3. The van der Waals surface area contributed by atoms with Crippen LogP contribution in [-0.2, 0) is 23.9 Å². The Balaban J connectivity index is 2.52. The minimum Gasteiger partial charge on any atom is -0.464 e. The molecule has 0 bridgehead atoms. The van der Waals surface area contributed by atoms with Crippen molar-refractivity contribution in [2.45, 2.75) is 65.7 Å². The van der Waals surface area contributed by atoms with Crippen LogP contribution >= 0.6 is 0 Å². The smallest absolute Gasteiger partial charge is 0.338 e. The van der Waals surface area contributed by atoms with Gasteiger partial charge in [-0.1, -0.05) is 27.7 Å². The van der Waals surface area contributed by atoms with Crippen LogP contribution in [0.25, 0.3) is 0 Å². The van der Waals surface area contributed by atoms with Crippen LogP contribution < -0.4 is 10.6 Å². The van der Waals surface area contributed by atoms with E-state index in [1.807, 2.05) is 13.8 Å². The Labute approximate surface area is 143 Å². The Hall–Kier alpha value is -1.63. The van der Waals surface area contributed by atoms with Crippen molar-refractivity contribution in [3.63, 3.8) is 0 Å². The molecule has 1 fully saturated rings. The van der Waals surface area contributed by atoms with Gasteiger partial charge in [-0.25, -0.2) is 4.79 Å². The van der Waals surface area contributed by atoms with E-state index < -0.39 is 30.1 Å². The van der Waals surface area contributed by atoms with Crippen molar-refractivity contribution in [2.75, 3.05) is 13.2 Å². The highest BCUT2D eigenvalue weighted by molar-refractivity contribution is 5.95. The fourth-order valence-electron chi connectivity index (χ4n) is 2.28. The summed E-state index contributed by atoms with van der Waals surface area (Å²) in [5, 5.41) is 5.54. The van der Waals surface area contributed by atoms with Crippen molar-refractivity contribution in [3.05, 3.63) is 0 Å². The molecule has 1 rings (SSSR count). The molecule has 1 aliphatic heterocycles. The number of nitrogens with one attached hydrogen (secondary N) is 2. The van der Waals surface area contributed by atoms with Crippen LogP contribution in [0.4, 0.5) is 0 Å². The summed E-state index contributed by atoms with van der Waals surface area (Å²) in [7, 11) is 0. The fraction of sp³-hybridized carbons (Fsp3) is 0.824. The second-order valence-corrected chi connectivity index (χ2v) is 6.89. The quantitative estimate of drug-likeness (QED) is 0.456. The van der Waals surface area contributed by atoms with E-state index in [4.69, 9.17) is 9.47 Å². The second-order valence-electron chi connectivity index (χ2n) is 6.89. The van der Waals surface area contributed by atoms with E-state index in [9.17, 15) is 14.4 Å². The Morgan fingerprint density at radius 2 is 1.75 bits per heavy atom. The molecule has 138 valence electrons. The standard InChI is InChI=1S/C17H30N2O5/c1-6-23-17(22)14-13(24-14)16(21)19-12(9-11(4)5)15(20)18-8-7-10(2)3/h10-14H,6-9H2,1-5H3,(H,18,20)(H,19,21)/t12?,13?,14-/m0/s1. The lowest BCUT2D eigenvalue weighted by molar-refractivity contribution is -0.144. The molecule has 2 N–H and O–H groups in total. The molecule has 0 spiro atoms. The highest BCUT2D eigenvalue weighted by Gasteiger charge is 2.52. The van der Waals surface area contributed by atoms with Crippen LogP contribution in [0.1, 0.15) is 47.5 Å². The Morgan fingerprint density at radius 1 is 1.08 bits per heavy atom. The predicted molar refractivity (Wildman–Crippen MR) is 89.1 cm³/mol. The summed E-state index contributed by atoms with van der Waals surface area (Å²) in [5.74, 6) is -0.455. The van der Waals surface area contributed by atoms with Crippen molar-refractivity contribution in [2.24, 2.45) is 11.8 Å². The molecular formula is C17H30N2O5. The van der Waals surface area contributed by atoms with Gasteiger partial charge in [0.05, 0.1) is 6.61 Å². The second kappa shape index (κ2) is 9.61. The Morgan fingerprint density at radius 3 is 2.29 bits per heavy atom. The first-order valence-corrected chi connectivity index (χ1v) is 8.66. The summed E-state index contributed by atoms with van der Waals surface area (Å²) < 4.78 is 9.89. The van der Waals surface area contributed by atoms with Crippen LogP contribution in [0.3, 0.4) is 0 Å². The average molecular weight is 342 g/mol. The summed E-state index contributed by atoms with van der Waals surface area (Å²) >= 11 is 0. The lowest BCUT2D eigenvalue weighted by Gasteiger charge is -2.20. The lowest BCUT2D eigenvalue weighted by Crippen LogP contribution is -2.49. The number of ether oxygens (including phenoxy) is 2. The fourth-order valence-corrected chi connectivity index (χ4v) is 2.28. The molecule has 24 heavy (non-hydrogen) atoms. The monoisotopic (exact) mass is 342 g/mol. The third kappa shape index (κ3) is 6.86. The summed E-state index contributed by atoms with van der Waals surface area (Å²) in [4.78, 5) is 36.0. The van der Waals surface area contributed by atoms with Crippen molar-refractivity contribution in [3.8, 4) is 0 Å². The van der Waals surface area contributed by atoms with Gasteiger partial charge in [-0.2, -0.15) is 0 Å². The molecule has 0 aromatic heterocycles. The summed E-state index contributed by atoms with van der Waals surface area (Å²) in [6.07, 6.45) is -0.309. The van der Waals surface area contributed by atoms with Crippen molar-refractivity contribution in [1.29, 1.82) is 0 Å². The first kappa shape index (κ1) is 20.4. The SMILES string of the molecule is CCOC(=O)[C@H]1OC1C(=O)NC(CC(C)C)C(=O)NCCC(C)C. The van der Waals surface area contributed by atoms with Crippen molar-refractivity contribution >= 4 is 17.8 Å². The van der Waals surface area contributed by atoms with Crippen LogP contribution in [-0.4, -0.2) is 49.2 Å². The number of esters is 1. The van der Waals surface area contributed by atoms with Crippen LogP contribution in [0.15, 0.2) is 0 Å². The topological polar surface area (TPSA) is 97.0 Å². The highest BCUT2D eigenvalue weighted by atomic mass is 16.6. The van der Waals surface area contributed by atoms with E-state index in [1.165, 1.54) is 0 Å². The maximum absolute atomic E-state index is 12.3. The van der Waals surface area contributed by atoms with Crippen molar-refractivity contribution < 1.29 is 23.9 Å². The molecule has 2 unspecified atom stereocenters. The third-order valence-electron chi connectivity index (χ3n) is 3.63. The molecule has 2 amide bonds. The van der Waals surface area contributed by atoms with Gasteiger partial charge in [0.2, 0.25) is 5.91 Å². The molecule has 1 saturated heterocycles. The van der Waals surface area contributed by atoms with Gasteiger partial charge in [0, 0.05) is 6.54 Å². The van der Waals surface area contributed by atoms with Gasteiger partial charge in [0.25, 0.3) is 5.91 Å². The molecule has 1 aliphatic rings. The number of carbonyl (C=O) groups is 3. The number of hydrogen-bond donors (Lipinski definition) is 2. The largest absolute Gasteiger partial charge is 0.464 e. The lowest BCUT2D eigenvalue weighted by atomic mass is 10.0. The number of carbonyl (C=O) groups excluding carboxylic acids is 3. The van der Waals surface area contributed by atoms with Gasteiger partial charge >= 0.3 is 5.97 Å². The summed E-state index contributed by atoms with van der Waals surface area (Å²) in [6, 6.07) is -0.628. The third-order valence-corrected chi connectivity index (χ3v) is 3.63. The molecule has 0 radical (unpaired) electrons. The zero-order valence-corrected chi connectivity index (χ0v) is 15.3. The molecule has 0 aromatic rings. The van der Waals surface area contributed by atoms with E-state index in [1.54, 1.807) is 6.92 Å². The van der Waals surface area contributed by atoms with Gasteiger partial charge in [-0.3, -0.25) is 9.59 Å². The van der Waals surface area contributed by atoms with Crippen molar-refractivity contribution in [1.82, 2.24) is 10.6 Å². The normalized spacial score (nSPS) is 20.6. The maximum Gasteiger partial charge on any atom is 0.338 e. The van der Waals surface area contributed by atoms with Gasteiger partial charge in [0.1, 0.15) is 6.04 Å². The number of epoxide rings is 1. The summed E-state index contributed by atoms with van der Waals surface area (Å²) in [6.45, 7) is 10.6. The van der Waals surface area contributed by atoms with Gasteiger partial charge in [-0.15, -0.1) is 0 Å². The molecule has 7 nitrogen and oxygen atoms in total. The number of rotatable bonds is 10. The molecule has 0 saturated carbocycles. The van der Waals surface area contributed by atoms with Crippen LogP contribution in [0.5, 0.6) is 0 Å². The summed E-state index contributed by atoms with van der Waals surface area (Å²) in [5.41, 5.74) is 0. The highest BCUT2D eigenvalue weighted by Crippen LogP contribution is 2.24. The number of hydrogen-bond acceptors (Lipinski definition) is 5. The average Bonchev–Trinajstić information content (AvgIpc) is 3.26. The van der Waals surface area contributed by atoms with E-state index in [2.05, 4.69) is 24.5 Å². The van der Waals surface area contributed by atoms with Gasteiger partial charge in [-0.05, 0) is 31.6 Å². The van der Waals surface area contributed by atoms with E-state index in [-0.39, 0.29) is 18.4 Å². The predicted octanol–water partition coefficient (Wildman–Crippen LogP) is 1.01. The van der Waals surface area contributed by atoms with Crippen LogP contribution in [0, 0.1) is 11.8 Å². The zero-order chi connectivity index (χ0) is 18.3. The molecule has 0 aromatic carbocycles. The van der Waals surface area contributed by atoms with E-state index >= 15 is 0 Å². The van der Waals surface area contributed by atoms with E-state index in [0.717, 1.165) is 6.42 Å². The van der Waals surface area contributed by atoms with Gasteiger partial charge < -0.3 is 20.1 Å². The molecule has 7 heteroatoms. The first-order valence-electron chi connectivity index (χ1n) is 8.66. The van der Waals surface area contributed by atoms with Crippen LogP contribution in [0.2, 0.25) is 0 Å². The molecule has 3 atom stereocenters. The van der Waals surface area contributed by atoms with E-state index in [0.29, 0.717) is 18.9 Å². The Bertz CT molecular complexity index is 450. The number of amides is 2. The minimum atomic E-state index is -0.859. The first-order chi connectivity index (χ1) is 11.3. The molecule has 1 heterocycles. The van der Waals surface area contributed by atoms with Gasteiger partial charge in [0.15, 0.2) is 12.2 Å². The Kier molecular flexibility index (Phi) is 8.18. The zero-order valence-electron chi connectivity index (χ0n) is 15.3. The minimum absolute atomic E-state index is 0.203. The molecular weight excluding hydrogens is 312 g/mol.